The molecule has 8 nitrogen and oxygen atoms in total. The van der Waals surface area contributed by atoms with E-state index in [2.05, 4.69) is 9.46 Å². The number of hydrogen-bond donors (Lipinski definition) is 1. The molecule has 2 heterocycles. The predicted molar refractivity (Wildman–Crippen MR) is 117 cm³/mol. The van der Waals surface area contributed by atoms with E-state index in [0.29, 0.717) is 22.6 Å². The second kappa shape index (κ2) is 10.2. The van der Waals surface area contributed by atoms with Crippen molar-refractivity contribution in [3.8, 4) is 11.4 Å². The van der Waals surface area contributed by atoms with Crippen molar-refractivity contribution in [3.63, 3.8) is 0 Å². The zero-order chi connectivity index (χ0) is 24.2. The number of benzene rings is 1. The Labute approximate surface area is 192 Å². The minimum atomic E-state index is -3.82. The van der Waals surface area contributed by atoms with Crippen LogP contribution in [0.25, 0.3) is 5.69 Å². The molecule has 0 aliphatic rings. The molecule has 0 aliphatic heterocycles. The molecule has 0 radical (unpaired) electrons. The van der Waals surface area contributed by atoms with Crippen molar-refractivity contribution < 1.29 is 36.3 Å². The van der Waals surface area contributed by atoms with E-state index in [1.165, 1.54) is 18.2 Å². The van der Waals surface area contributed by atoms with Crippen LogP contribution in [0.15, 0.2) is 52.1 Å². The standard InChI is InChI=1S/C21H20F2N2O6S2/c1-13-10-17(14(2)25(13)15-5-7-16(8-6-15)31-21(22)23)18(26)12-30-19(27)11-24-33(28,29)20-4-3-9-32-20/h3-10,21,24H,11-12H2,1-2H3. The van der Waals surface area contributed by atoms with E-state index in [0.717, 1.165) is 11.3 Å². The van der Waals surface area contributed by atoms with Gasteiger partial charge in [-0.1, -0.05) is 6.07 Å². The van der Waals surface area contributed by atoms with Gasteiger partial charge in [0.1, 0.15) is 16.5 Å². The monoisotopic (exact) mass is 498 g/mol. The van der Waals surface area contributed by atoms with E-state index in [1.807, 2.05) is 0 Å². The van der Waals surface area contributed by atoms with Crippen molar-refractivity contribution >= 4 is 33.1 Å². The number of ketones is 1. The normalized spacial score (nSPS) is 11.5. The van der Waals surface area contributed by atoms with Gasteiger partial charge in [0.05, 0.1) is 0 Å². The summed E-state index contributed by atoms with van der Waals surface area (Å²) >= 11 is 1.00. The number of carbonyl (C=O) groups excluding carboxylic acids is 2. The van der Waals surface area contributed by atoms with Gasteiger partial charge in [0.15, 0.2) is 6.61 Å². The fraction of sp³-hybridized carbons (Fsp3) is 0.238. The average Bonchev–Trinajstić information content (AvgIpc) is 3.40. The minimum absolute atomic E-state index is 0.00845. The molecule has 3 rings (SSSR count). The number of carbonyl (C=O) groups is 2. The lowest BCUT2D eigenvalue weighted by Gasteiger charge is -2.11. The Hall–Kier alpha value is -3.09. The van der Waals surface area contributed by atoms with Crippen molar-refractivity contribution in [2.24, 2.45) is 0 Å². The zero-order valence-electron chi connectivity index (χ0n) is 17.6. The highest BCUT2D eigenvalue weighted by Crippen LogP contribution is 2.24. The molecular formula is C21H20F2N2O6S2. The first-order valence-corrected chi connectivity index (χ1v) is 11.9. The number of esters is 1. The van der Waals surface area contributed by atoms with Gasteiger partial charge in [-0.25, -0.2) is 8.42 Å². The highest BCUT2D eigenvalue weighted by atomic mass is 32.2. The lowest BCUT2D eigenvalue weighted by molar-refractivity contribution is -0.141. The number of sulfonamides is 1. The molecule has 176 valence electrons. The van der Waals surface area contributed by atoms with E-state index in [-0.39, 0.29) is 9.96 Å². The fourth-order valence-electron chi connectivity index (χ4n) is 3.14. The molecule has 0 saturated carbocycles. The molecular weight excluding hydrogens is 478 g/mol. The number of nitrogens with one attached hydrogen (secondary N) is 1. The van der Waals surface area contributed by atoms with Gasteiger partial charge < -0.3 is 14.0 Å². The van der Waals surface area contributed by atoms with E-state index in [4.69, 9.17) is 4.74 Å². The topological polar surface area (TPSA) is 104 Å². The molecule has 1 aromatic carbocycles. The van der Waals surface area contributed by atoms with Gasteiger partial charge in [-0.3, -0.25) is 9.59 Å². The number of nitrogens with zero attached hydrogens (tertiary/aromatic N) is 1. The van der Waals surface area contributed by atoms with Crippen LogP contribution in [0.5, 0.6) is 5.75 Å². The van der Waals surface area contributed by atoms with Crippen molar-refractivity contribution in [2.45, 2.75) is 24.7 Å². The minimum Gasteiger partial charge on any atom is -0.456 e. The van der Waals surface area contributed by atoms with Gasteiger partial charge in [-0.2, -0.15) is 13.5 Å². The number of thiophene rings is 1. The Morgan fingerprint density at radius 2 is 1.85 bits per heavy atom. The largest absolute Gasteiger partial charge is 0.456 e. The first-order valence-electron chi connectivity index (χ1n) is 9.54. The Morgan fingerprint density at radius 3 is 2.45 bits per heavy atom. The van der Waals surface area contributed by atoms with E-state index < -0.39 is 41.5 Å². The molecule has 0 unspecified atom stereocenters. The zero-order valence-corrected chi connectivity index (χ0v) is 19.2. The third kappa shape index (κ3) is 6.03. The van der Waals surface area contributed by atoms with Crippen LogP contribution in [0.2, 0.25) is 0 Å². The SMILES string of the molecule is Cc1cc(C(=O)COC(=O)CNS(=O)(=O)c2cccs2)c(C)n1-c1ccc(OC(F)F)cc1. The molecule has 0 bridgehead atoms. The van der Waals surface area contributed by atoms with Gasteiger partial charge in [-0.15, -0.1) is 11.3 Å². The Bertz CT molecular complexity index is 1240. The molecule has 1 N–H and O–H groups in total. The van der Waals surface area contributed by atoms with Crippen molar-refractivity contribution in [1.82, 2.24) is 9.29 Å². The molecule has 0 amide bonds. The number of alkyl halides is 2. The Balaban J connectivity index is 1.62. The summed E-state index contributed by atoms with van der Waals surface area (Å²) in [6, 6.07) is 10.5. The number of Topliss-reactive ketones (excluding diaryl/α,β-unsaturated/α-hetero) is 1. The van der Waals surface area contributed by atoms with Crippen molar-refractivity contribution in [1.29, 1.82) is 0 Å². The van der Waals surface area contributed by atoms with Crippen LogP contribution in [0, 0.1) is 13.8 Å². The first kappa shape index (κ1) is 24.6. The molecule has 0 aliphatic carbocycles. The number of ether oxygens (including phenoxy) is 2. The molecule has 2 aromatic heterocycles. The van der Waals surface area contributed by atoms with Gasteiger partial charge in [0.25, 0.3) is 10.0 Å². The van der Waals surface area contributed by atoms with Crippen molar-refractivity contribution in [2.75, 3.05) is 13.2 Å². The number of rotatable bonds is 10. The van der Waals surface area contributed by atoms with Crippen LogP contribution in [-0.4, -0.2) is 44.5 Å². The van der Waals surface area contributed by atoms with E-state index >= 15 is 0 Å². The summed E-state index contributed by atoms with van der Waals surface area (Å²) in [4.78, 5) is 24.5. The molecule has 3 aromatic rings. The first-order chi connectivity index (χ1) is 15.6. The Kier molecular flexibility index (Phi) is 7.61. The third-order valence-electron chi connectivity index (χ3n) is 4.58. The maximum Gasteiger partial charge on any atom is 0.387 e. The van der Waals surface area contributed by atoms with Crippen LogP contribution >= 0.6 is 11.3 Å². The molecule has 12 heteroatoms. The maximum atomic E-state index is 12.6. The van der Waals surface area contributed by atoms with Crippen LogP contribution < -0.4 is 9.46 Å². The summed E-state index contributed by atoms with van der Waals surface area (Å²) in [5, 5.41) is 1.59. The number of aryl methyl sites for hydroxylation is 1. The predicted octanol–water partition coefficient (Wildman–Crippen LogP) is 3.46. The number of aromatic nitrogens is 1. The highest BCUT2D eigenvalue weighted by Gasteiger charge is 2.20. The van der Waals surface area contributed by atoms with Gasteiger partial charge in [-0.05, 0) is 55.6 Å². The van der Waals surface area contributed by atoms with Gasteiger partial charge >= 0.3 is 12.6 Å². The van der Waals surface area contributed by atoms with Crippen molar-refractivity contribution in [3.05, 3.63) is 64.8 Å². The molecule has 0 saturated heterocycles. The molecule has 0 atom stereocenters. The van der Waals surface area contributed by atoms with Crippen LogP contribution in [0.1, 0.15) is 21.7 Å². The Morgan fingerprint density at radius 1 is 1.15 bits per heavy atom. The second-order valence-corrected chi connectivity index (χ2v) is 9.77. The van der Waals surface area contributed by atoms with Crippen LogP contribution in [0.3, 0.4) is 0 Å². The molecule has 33 heavy (non-hydrogen) atoms. The molecule has 0 fully saturated rings. The lowest BCUT2D eigenvalue weighted by atomic mass is 10.1. The lowest BCUT2D eigenvalue weighted by Crippen LogP contribution is -2.31. The summed E-state index contributed by atoms with van der Waals surface area (Å²) in [7, 11) is -3.82. The fourth-order valence-corrected chi connectivity index (χ4v) is 5.14. The van der Waals surface area contributed by atoms with Crippen LogP contribution in [0.4, 0.5) is 8.78 Å². The summed E-state index contributed by atoms with van der Waals surface area (Å²) in [6.45, 7) is -0.645. The van der Waals surface area contributed by atoms with E-state index in [9.17, 15) is 26.8 Å². The van der Waals surface area contributed by atoms with Crippen LogP contribution in [-0.2, 0) is 19.6 Å². The summed E-state index contributed by atoms with van der Waals surface area (Å²) in [5.74, 6) is -1.36. The highest BCUT2D eigenvalue weighted by molar-refractivity contribution is 7.91. The third-order valence-corrected chi connectivity index (χ3v) is 7.38. The second-order valence-electron chi connectivity index (χ2n) is 6.83. The molecule has 0 spiro atoms. The smallest absolute Gasteiger partial charge is 0.387 e. The quantitative estimate of drug-likeness (QED) is 0.339. The van der Waals surface area contributed by atoms with E-state index in [1.54, 1.807) is 48.1 Å². The van der Waals surface area contributed by atoms with Gasteiger partial charge in [0, 0.05) is 22.6 Å². The summed E-state index contributed by atoms with van der Waals surface area (Å²) in [6.07, 6.45) is 0. The maximum absolute atomic E-state index is 12.6. The number of halogens is 2. The number of hydrogen-bond acceptors (Lipinski definition) is 7. The summed E-state index contributed by atoms with van der Waals surface area (Å²) in [5.41, 5.74) is 2.21. The van der Waals surface area contributed by atoms with Gasteiger partial charge in [0.2, 0.25) is 5.78 Å². The average molecular weight is 499 g/mol. The summed E-state index contributed by atoms with van der Waals surface area (Å²) < 4.78 is 61.9.